The molecule has 0 aliphatic carbocycles. The summed E-state index contributed by atoms with van der Waals surface area (Å²) in [5.41, 5.74) is 0.475. The van der Waals surface area contributed by atoms with Crippen molar-refractivity contribution in [2.45, 2.75) is 19.1 Å². The zero-order valence-corrected chi connectivity index (χ0v) is 13.2. The summed E-state index contributed by atoms with van der Waals surface area (Å²) in [4.78, 5) is 2.15. The van der Waals surface area contributed by atoms with Gasteiger partial charge in [0.25, 0.3) is 0 Å². The van der Waals surface area contributed by atoms with Gasteiger partial charge < -0.3 is 14.2 Å². The Hall–Kier alpha value is -0.880. The average Bonchev–Trinajstić information content (AvgIpc) is 2.50. The van der Waals surface area contributed by atoms with Crippen LogP contribution in [-0.2, 0) is 16.0 Å². The summed E-state index contributed by atoms with van der Waals surface area (Å²) in [7, 11) is 3.20. The van der Waals surface area contributed by atoms with Crippen molar-refractivity contribution in [1.82, 2.24) is 4.90 Å². The molecule has 0 bridgehead atoms. The van der Waals surface area contributed by atoms with Crippen LogP contribution in [0, 0.1) is 5.82 Å². The highest BCUT2D eigenvalue weighted by molar-refractivity contribution is 6.32. The molecule has 0 N–H and O–H groups in total. The highest BCUT2D eigenvalue weighted by Crippen LogP contribution is 2.31. The number of rotatable bonds is 6. The van der Waals surface area contributed by atoms with E-state index in [9.17, 15) is 4.39 Å². The summed E-state index contributed by atoms with van der Waals surface area (Å²) in [6.45, 7) is 3.26. The lowest BCUT2D eigenvalue weighted by molar-refractivity contribution is -0.0435. The van der Waals surface area contributed by atoms with Gasteiger partial charge in [0.2, 0.25) is 0 Å². The predicted octanol–water partition coefficient (Wildman–Crippen LogP) is 2.73. The van der Waals surface area contributed by atoms with E-state index in [4.69, 9.17) is 25.8 Å². The normalized spacial score (nSPS) is 19.7. The van der Waals surface area contributed by atoms with Gasteiger partial charge in [-0.2, -0.15) is 0 Å². The fraction of sp³-hybridized carbons (Fsp3) is 0.600. The van der Waals surface area contributed by atoms with Gasteiger partial charge >= 0.3 is 0 Å². The fourth-order valence-corrected chi connectivity index (χ4v) is 2.74. The molecule has 1 saturated heterocycles. The number of benzene rings is 1. The maximum Gasteiger partial charge on any atom is 0.137 e. The summed E-state index contributed by atoms with van der Waals surface area (Å²) in [5.74, 6) is 0.193. The number of methoxy groups -OCH3 is 2. The van der Waals surface area contributed by atoms with Crippen molar-refractivity contribution in [3.8, 4) is 5.75 Å². The minimum atomic E-state index is -0.305. The highest BCUT2D eigenvalue weighted by Gasteiger charge is 2.23. The van der Waals surface area contributed by atoms with Gasteiger partial charge in [-0.1, -0.05) is 11.6 Å². The first-order valence-corrected chi connectivity index (χ1v) is 7.37. The Morgan fingerprint density at radius 1 is 1.43 bits per heavy atom. The third kappa shape index (κ3) is 4.30. The first-order chi connectivity index (χ1) is 10.2. The summed E-state index contributed by atoms with van der Waals surface area (Å²) in [6, 6.07) is 2.94. The van der Waals surface area contributed by atoms with Gasteiger partial charge in [-0.3, -0.25) is 4.90 Å². The van der Waals surface area contributed by atoms with Crippen molar-refractivity contribution < 1.29 is 18.6 Å². The van der Waals surface area contributed by atoms with Crippen LogP contribution in [0.5, 0.6) is 5.75 Å². The Kier molecular flexibility index (Phi) is 6.23. The van der Waals surface area contributed by atoms with Crippen molar-refractivity contribution in [2.24, 2.45) is 0 Å². The fourth-order valence-electron chi connectivity index (χ4n) is 2.45. The molecule has 0 radical (unpaired) electrons. The quantitative estimate of drug-likeness (QED) is 0.807. The second-order valence-corrected chi connectivity index (χ2v) is 5.43. The third-order valence-electron chi connectivity index (χ3n) is 3.62. The largest absolute Gasteiger partial charge is 0.495 e. The summed E-state index contributed by atoms with van der Waals surface area (Å²) in [5, 5.41) is 0.345. The lowest BCUT2D eigenvalue weighted by Gasteiger charge is -2.33. The molecular weight excluding hydrogens is 297 g/mol. The van der Waals surface area contributed by atoms with E-state index in [0.29, 0.717) is 36.1 Å². The lowest BCUT2D eigenvalue weighted by atomic mass is 10.1. The van der Waals surface area contributed by atoms with E-state index in [2.05, 4.69) is 4.90 Å². The molecule has 6 heteroatoms. The maximum atomic E-state index is 14.0. The molecule has 0 spiro atoms. The predicted molar refractivity (Wildman–Crippen MR) is 79.5 cm³/mol. The molecule has 0 amide bonds. The van der Waals surface area contributed by atoms with Gasteiger partial charge in [0.05, 0.1) is 24.8 Å². The Balaban J connectivity index is 2.04. The van der Waals surface area contributed by atoms with Crippen LogP contribution in [0.1, 0.15) is 12.0 Å². The maximum absolute atomic E-state index is 14.0. The van der Waals surface area contributed by atoms with Gasteiger partial charge in [0, 0.05) is 38.9 Å². The van der Waals surface area contributed by atoms with Gasteiger partial charge in [0.1, 0.15) is 11.6 Å². The molecule has 1 aliphatic heterocycles. The minimum absolute atomic E-state index is 0.117. The summed E-state index contributed by atoms with van der Waals surface area (Å²) < 4.78 is 29.9. The Labute approximate surface area is 129 Å². The molecule has 0 unspecified atom stereocenters. The summed E-state index contributed by atoms with van der Waals surface area (Å²) >= 11 is 6.21. The van der Waals surface area contributed by atoms with Gasteiger partial charge in [-0.15, -0.1) is 0 Å². The molecule has 1 heterocycles. The van der Waals surface area contributed by atoms with Crippen LogP contribution in [0.3, 0.4) is 0 Å². The van der Waals surface area contributed by atoms with Crippen LogP contribution in [-0.4, -0.2) is 51.5 Å². The van der Waals surface area contributed by atoms with Crippen LogP contribution in [0.2, 0.25) is 5.02 Å². The molecule has 2 rings (SSSR count). The molecule has 1 aliphatic rings. The van der Waals surface area contributed by atoms with Crippen molar-refractivity contribution in [1.29, 1.82) is 0 Å². The SMILES string of the molecule is COCC[C@@H]1CN(Cc2c(F)ccc(OC)c2Cl)CCO1. The number of hydrogen-bond acceptors (Lipinski definition) is 4. The van der Waals surface area contributed by atoms with Gasteiger partial charge in [-0.05, 0) is 18.6 Å². The molecule has 21 heavy (non-hydrogen) atoms. The zero-order valence-electron chi connectivity index (χ0n) is 12.4. The molecule has 0 aromatic heterocycles. The van der Waals surface area contributed by atoms with Crippen molar-refractivity contribution in [2.75, 3.05) is 40.5 Å². The molecule has 1 fully saturated rings. The average molecular weight is 318 g/mol. The number of hydrogen-bond donors (Lipinski definition) is 0. The monoisotopic (exact) mass is 317 g/mol. The lowest BCUT2D eigenvalue weighted by Crippen LogP contribution is -2.42. The molecule has 1 aromatic carbocycles. The molecular formula is C15H21ClFNO3. The topological polar surface area (TPSA) is 30.9 Å². The van der Waals surface area contributed by atoms with Crippen LogP contribution in [0.25, 0.3) is 0 Å². The van der Waals surface area contributed by atoms with Crippen molar-refractivity contribution in [3.63, 3.8) is 0 Å². The van der Waals surface area contributed by atoms with E-state index in [0.717, 1.165) is 19.5 Å². The number of nitrogens with zero attached hydrogens (tertiary/aromatic N) is 1. The smallest absolute Gasteiger partial charge is 0.137 e. The number of ether oxygens (including phenoxy) is 3. The van der Waals surface area contributed by atoms with E-state index in [-0.39, 0.29) is 11.9 Å². The van der Waals surface area contributed by atoms with Crippen molar-refractivity contribution in [3.05, 3.63) is 28.5 Å². The first-order valence-electron chi connectivity index (χ1n) is 6.99. The number of morpholine rings is 1. The Morgan fingerprint density at radius 3 is 2.95 bits per heavy atom. The van der Waals surface area contributed by atoms with E-state index in [1.54, 1.807) is 13.2 Å². The van der Waals surface area contributed by atoms with E-state index >= 15 is 0 Å². The third-order valence-corrected chi connectivity index (χ3v) is 4.03. The molecule has 1 aromatic rings. The second kappa shape index (κ2) is 7.94. The van der Waals surface area contributed by atoms with Crippen LogP contribution in [0.15, 0.2) is 12.1 Å². The zero-order chi connectivity index (χ0) is 15.2. The van der Waals surface area contributed by atoms with Crippen LogP contribution >= 0.6 is 11.6 Å². The summed E-state index contributed by atoms with van der Waals surface area (Å²) in [6.07, 6.45) is 0.951. The van der Waals surface area contributed by atoms with Gasteiger partial charge in [-0.25, -0.2) is 4.39 Å². The van der Waals surface area contributed by atoms with Crippen LogP contribution in [0.4, 0.5) is 4.39 Å². The van der Waals surface area contributed by atoms with E-state index in [1.807, 2.05) is 0 Å². The Bertz CT molecular complexity index is 472. The molecule has 118 valence electrons. The van der Waals surface area contributed by atoms with Crippen LogP contribution < -0.4 is 4.74 Å². The van der Waals surface area contributed by atoms with E-state index in [1.165, 1.54) is 13.2 Å². The standard InChI is InChI=1S/C15H21ClFNO3/c1-19-7-5-11-9-18(6-8-21-11)10-12-13(17)3-4-14(20-2)15(12)16/h3-4,11H,5-10H2,1-2H3/t11-/m1/s1. The minimum Gasteiger partial charge on any atom is -0.495 e. The molecule has 1 atom stereocenters. The molecule has 0 saturated carbocycles. The highest BCUT2D eigenvalue weighted by atomic mass is 35.5. The Morgan fingerprint density at radius 2 is 2.24 bits per heavy atom. The van der Waals surface area contributed by atoms with Gasteiger partial charge in [0.15, 0.2) is 0 Å². The second-order valence-electron chi connectivity index (χ2n) is 5.05. The first kappa shape index (κ1) is 16.5. The van der Waals surface area contributed by atoms with Crippen molar-refractivity contribution >= 4 is 11.6 Å². The van der Waals surface area contributed by atoms with E-state index < -0.39 is 0 Å². The molecule has 4 nitrogen and oxygen atoms in total. The number of halogens is 2.